The zero-order chi connectivity index (χ0) is 15.6. The molecule has 0 radical (unpaired) electrons. The van der Waals surface area contributed by atoms with E-state index in [4.69, 9.17) is 0 Å². The minimum absolute atomic E-state index is 0.149. The van der Waals surface area contributed by atoms with Gasteiger partial charge in [0.15, 0.2) is 0 Å². The highest BCUT2D eigenvalue weighted by molar-refractivity contribution is 7.92. The lowest BCUT2D eigenvalue weighted by molar-refractivity contribution is 0.281. The third-order valence-corrected chi connectivity index (χ3v) is 4.65. The van der Waals surface area contributed by atoms with Crippen LogP contribution < -0.4 is 4.72 Å². The van der Waals surface area contributed by atoms with E-state index in [2.05, 4.69) is 4.72 Å². The van der Waals surface area contributed by atoms with Crippen molar-refractivity contribution in [3.63, 3.8) is 0 Å². The number of anilines is 1. The number of aliphatic hydroxyl groups is 1. The van der Waals surface area contributed by atoms with Crippen molar-refractivity contribution < 1.29 is 13.5 Å². The highest BCUT2D eigenvalue weighted by atomic mass is 32.2. The lowest BCUT2D eigenvalue weighted by atomic mass is 10.1. The van der Waals surface area contributed by atoms with Gasteiger partial charge in [-0.1, -0.05) is 12.1 Å². The lowest BCUT2D eigenvalue weighted by Crippen LogP contribution is -2.13. The van der Waals surface area contributed by atoms with E-state index in [0.29, 0.717) is 11.3 Å². The molecule has 21 heavy (non-hydrogen) atoms. The molecule has 0 aliphatic heterocycles. The number of aryl methyl sites for hydroxylation is 3. The van der Waals surface area contributed by atoms with Crippen LogP contribution >= 0.6 is 0 Å². The minimum atomic E-state index is -3.66. The quantitative estimate of drug-likeness (QED) is 0.912. The maximum Gasteiger partial charge on any atom is 0.261 e. The van der Waals surface area contributed by atoms with Gasteiger partial charge in [0.2, 0.25) is 0 Å². The van der Waals surface area contributed by atoms with Crippen molar-refractivity contribution in [1.29, 1.82) is 0 Å². The highest BCUT2D eigenvalue weighted by Crippen LogP contribution is 2.21. The molecule has 0 aliphatic carbocycles. The molecule has 0 aliphatic rings. The van der Waals surface area contributed by atoms with E-state index < -0.39 is 10.0 Å². The topological polar surface area (TPSA) is 66.4 Å². The number of aliphatic hydroxyl groups excluding tert-OH is 1. The Hall–Kier alpha value is -1.85. The Morgan fingerprint density at radius 1 is 1.00 bits per heavy atom. The van der Waals surface area contributed by atoms with Gasteiger partial charge in [0, 0.05) is 5.69 Å². The Bertz CT molecular complexity index is 747. The van der Waals surface area contributed by atoms with Crippen LogP contribution in [0, 0.1) is 20.8 Å². The Kier molecular flexibility index (Phi) is 4.34. The van der Waals surface area contributed by atoms with Crippen molar-refractivity contribution in [1.82, 2.24) is 0 Å². The molecule has 0 saturated carbocycles. The van der Waals surface area contributed by atoms with Gasteiger partial charge in [-0.25, -0.2) is 8.42 Å². The van der Waals surface area contributed by atoms with Gasteiger partial charge in [0.05, 0.1) is 11.5 Å². The van der Waals surface area contributed by atoms with Gasteiger partial charge < -0.3 is 5.11 Å². The molecule has 0 atom stereocenters. The Morgan fingerprint density at radius 2 is 1.62 bits per heavy atom. The number of rotatable bonds is 4. The second-order valence-electron chi connectivity index (χ2n) is 5.23. The molecule has 0 amide bonds. The summed E-state index contributed by atoms with van der Waals surface area (Å²) in [4.78, 5) is 0.149. The normalized spacial score (nSPS) is 11.4. The van der Waals surface area contributed by atoms with Crippen LogP contribution in [0.4, 0.5) is 5.69 Å². The first-order chi connectivity index (χ1) is 9.81. The largest absolute Gasteiger partial charge is 0.392 e. The first-order valence-corrected chi connectivity index (χ1v) is 8.11. The van der Waals surface area contributed by atoms with Crippen LogP contribution in [0.25, 0.3) is 0 Å². The summed E-state index contributed by atoms with van der Waals surface area (Å²) in [6.07, 6.45) is 0. The van der Waals surface area contributed by atoms with Crippen LogP contribution in [-0.2, 0) is 16.6 Å². The Morgan fingerprint density at radius 3 is 2.19 bits per heavy atom. The zero-order valence-electron chi connectivity index (χ0n) is 12.3. The van der Waals surface area contributed by atoms with E-state index in [1.807, 2.05) is 26.8 Å². The van der Waals surface area contributed by atoms with Gasteiger partial charge in [-0.05, 0) is 67.3 Å². The third-order valence-electron chi connectivity index (χ3n) is 3.28. The molecule has 0 aromatic heterocycles. The first kappa shape index (κ1) is 15.5. The smallest absolute Gasteiger partial charge is 0.261 e. The van der Waals surface area contributed by atoms with E-state index in [1.165, 1.54) is 6.07 Å². The summed E-state index contributed by atoms with van der Waals surface area (Å²) in [6, 6.07) is 10.3. The predicted molar refractivity (Wildman–Crippen MR) is 83.8 cm³/mol. The molecule has 2 rings (SSSR count). The molecule has 0 spiro atoms. The van der Waals surface area contributed by atoms with E-state index in [0.717, 1.165) is 16.7 Å². The molecular formula is C16H19NO3S. The van der Waals surface area contributed by atoms with Crippen molar-refractivity contribution >= 4 is 15.7 Å². The van der Waals surface area contributed by atoms with E-state index in [9.17, 15) is 13.5 Å². The van der Waals surface area contributed by atoms with Crippen molar-refractivity contribution in [2.75, 3.05) is 4.72 Å². The molecule has 4 nitrogen and oxygen atoms in total. The van der Waals surface area contributed by atoms with Crippen molar-refractivity contribution in [3.05, 3.63) is 58.7 Å². The molecule has 112 valence electrons. The summed E-state index contributed by atoms with van der Waals surface area (Å²) >= 11 is 0. The third kappa shape index (κ3) is 3.62. The molecule has 2 aromatic carbocycles. The minimum Gasteiger partial charge on any atom is -0.392 e. The molecule has 0 fully saturated rings. The maximum atomic E-state index is 12.4. The fourth-order valence-electron chi connectivity index (χ4n) is 2.23. The second kappa shape index (κ2) is 5.87. The number of nitrogens with one attached hydrogen (secondary N) is 1. The standard InChI is InChI=1S/C16H19NO3S/c1-11-6-12(2)8-15(7-11)17-21(19,20)16-5-4-13(3)14(9-16)10-18/h4-9,17-18H,10H2,1-3H3. The highest BCUT2D eigenvalue weighted by Gasteiger charge is 2.15. The fraction of sp³-hybridized carbons (Fsp3) is 0.250. The van der Waals surface area contributed by atoms with Gasteiger partial charge in [-0.15, -0.1) is 0 Å². The fourth-order valence-corrected chi connectivity index (χ4v) is 3.32. The maximum absolute atomic E-state index is 12.4. The van der Waals surface area contributed by atoms with Gasteiger partial charge >= 0.3 is 0 Å². The predicted octanol–water partition coefficient (Wildman–Crippen LogP) is 2.90. The molecule has 0 saturated heterocycles. The number of hydrogen-bond donors (Lipinski definition) is 2. The van der Waals surface area contributed by atoms with Gasteiger partial charge in [-0.3, -0.25) is 4.72 Å². The SMILES string of the molecule is Cc1cc(C)cc(NS(=O)(=O)c2ccc(C)c(CO)c2)c1. The summed E-state index contributed by atoms with van der Waals surface area (Å²) < 4.78 is 27.4. The molecule has 0 bridgehead atoms. The summed E-state index contributed by atoms with van der Waals surface area (Å²) in [5, 5.41) is 9.26. The number of benzene rings is 2. The molecular weight excluding hydrogens is 286 g/mol. The van der Waals surface area contributed by atoms with Gasteiger partial charge in [0.1, 0.15) is 0 Å². The van der Waals surface area contributed by atoms with Crippen molar-refractivity contribution in [3.8, 4) is 0 Å². The van der Waals surface area contributed by atoms with Crippen molar-refractivity contribution in [2.24, 2.45) is 0 Å². The van der Waals surface area contributed by atoms with E-state index >= 15 is 0 Å². The molecule has 5 heteroatoms. The van der Waals surface area contributed by atoms with Gasteiger partial charge in [0.25, 0.3) is 10.0 Å². The van der Waals surface area contributed by atoms with Crippen LogP contribution in [0.1, 0.15) is 22.3 Å². The number of hydrogen-bond acceptors (Lipinski definition) is 3. The average molecular weight is 305 g/mol. The lowest BCUT2D eigenvalue weighted by Gasteiger charge is -2.11. The molecule has 0 heterocycles. The van der Waals surface area contributed by atoms with E-state index in [1.54, 1.807) is 24.3 Å². The number of sulfonamides is 1. The molecule has 2 aromatic rings. The van der Waals surface area contributed by atoms with Crippen LogP contribution in [0.2, 0.25) is 0 Å². The van der Waals surface area contributed by atoms with Crippen LogP contribution in [0.5, 0.6) is 0 Å². The summed E-state index contributed by atoms with van der Waals surface area (Å²) in [5.74, 6) is 0. The summed E-state index contributed by atoms with van der Waals surface area (Å²) in [6.45, 7) is 5.49. The monoisotopic (exact) mass is 305 g/mol. The van der Waals surface area contributed by atoms with E-state index in [-0.39, 0.29) is 11.5 Å². The summed E-state index contributed by atoms with van der Waals surface area (Å²) in [7, 11) is -3.66. The first-order valence-electron chi connectivity index (χ1n) is 6.63. The summed E-state index contributed by atoms with van der Waals surface area (Å²) in [5.41, 5.74) is 4.00. The van der Waals surface area contributed by atoms with Gasteiger partial charge in [-0.2, -0.15) is 0 Å². The van der Waals surface area contributed by atoms with Crippen LogP contribution in [-0.4, -0.2) is 13.5 Å². The average Bonchev–Trinajstić information content (AvgIpc) is 2.37. The molecule has 0 unspecified atom stereocenters. The Balaban J connectivity index is 2.38. The van der Waals surface area contributed by atoms with Crippen LogP contribution in [0.3, 0.4) is 0 Å². The molecule has 2 N–H and O–H groups in total. The zero-order valence-corrected chi connectivity index (χ0v) is 13.2. The second-order valence-corrected chi connectivity index (χ2v) is 6.91. The van der Waals surface area contributed by atoms with Crippen molar-refractivity contribution in [2.45, 2.75) is 32.3 Å². The Labute approximate surface area is 125 Å². The van der Waals surface area contributed by atoms with Crippen LogP contribution in [0.15, 0.2) is 41.3 Å².